The normalized spacial score (nSPS) is 10.4. The summed E-state index contributed by atoms with van der Waals surface area (Å²) in [5, 5.41) is 10.1. The Morgan fingerprint density at radius 3 is 2.88 bits per heavy atom. The van der Waals surface area contributed by atoms with Crippen molar-refractivity contribution in [2.75, 3.05) is 5.73 Å². The number of aryl methyl sites for hydroxylation is 1. The quantitative estimate of drug-likeness (QED) is 0.857. The summed E-state index contributed by atoms with van der Waals surface area (Å²) in [6, 6.07) is 5.17. The molecule has 0 aliphatic heterocycles. The summed E-state index contributed by atoms with van der Waals surface area (Å²) in [5.41, 5.74) is 6.13. The van der Waals surface area contributed by atoms with Crippen LogP contribution in [-0.4, -0.2) is 10.2 Å². The van der Waals surface area contributed by atoms with E-state index < -0.39 is 0 Å². The van der Waals surface area contributed by atoms with Gasteiger partial charge in [-0.25, -0.2) is 0 Å². The summed E-state index contributed by atoms with van der Waals surface area (Å²) in [6.45, 7) is 2.30. The minimum absolute atomic E-state index is 0.395. The molecule has 84 valence electrons. The van der Waals surface area contributed by atoms with Crippen molar-refractivity contribution in [3.63, 3.8) is 0 Å². The monoisotopic (exact) mass is 255 g/mol. The first-order valence-electron chi connectivity index (χ1n) is 4.62. The van der Waals surface area contributed by atoms with Crippen LogP contribution < -0.4 is 10.5 Å². The summed E-state index contributed by atoms with van der Waals surface area (Å²) in [7, 11) is 0. The highest BCUT2D eigenvalue weighted by Gasteiger charge is 2.03. The highest BCUT2D eigenvalue weighted by molar-refractivity contribution is 7.11. The van der Waals surface area contributed by atoms with Gasteiger partial charge in [-0.2, -0.15) is 0 Å². The van der Waals surface area contributed by atoms with Crippen LogP contribution in [0.15, 0.2) is 18.2 Å². The number of hydrogen-bond donors (Lipinski definition) is 1. The van der Waals surface area contributed by atoms with Crippen LogP contribution in [0.4, 0.5) is 5.69 Å². The van der Waals surface area contributed by atoms with Gasteiger partial charge in [0, 0.05) is 6.07 Å². The van der Waals surface area contributed by atoms with Gasteiger partial charge in [0.05, 0.1) is 10.7 Å². The fourth-order valence-electron chi connectivity index (χ4n) is 1.14. The van der Waals surface area contributed by atoms with E-state index in [0.29, 0.717) is 23.1 Å². The van der Waals surface area contributed by atoms with Crippen LogP contribution in [0.3, 0.4) is 0 Å². The molecule has 16 heavy (non-hydrogen) atoms. The zero-order valence-corrected chi connectivity index (χ0v) is 10.2. The first-order valence-corrected chi connectivity index (χ1v) is 5.81. The van der Waals surface area contributed by atoms with Crippen molar-refractivity contribution in [1.29, 1.82) is 0 Å². The van der Waals surface area contributed by atoms with Crippen LogP contribution >= 0.6 is 22.9 Å². The van der Waals surface area contributed by atoms with Gasteiger partial charge in [0.15, 0.2) is 5.01 Å². The number of aromatic nitrogens is 2. The van der Waals surface area contributed by atoms with E-state index in [1.807, 2.05) is 6.92 Å². The van der Waals surface area contributed by atoms with Gasteiger partial charge in [0.1, 0.15) is 17.4 Å². The van der Waals surface area contributed by atoms with Crippen molar-refractivity contribution in [2.24, 2.45) is 0 Å². The van der Waals surface area contributed by atoms with Crippen molar-refractivity contribution >= 4 is 28.6 Å². The SMILES string of the molecule is Cc1nnc(COc2ccc(N)c(Cl)c2)s1. The summed E-state index contributed by atoms with van der Waals surface area (Å²) < 4.78 is 5.51. The summed E-state index contributed by atoms with van der Waals surface area (Å²) >= 11 is 7.38. The third-order valence-electron chi connectivity index (χ3n) is 1.90. The van der Waals surface area contributed by atoms with Crippen LogP contribution in [-0.2, 0) is 6.61 Å². The van der Waals surface area contributed by atoms with Gasteiger partial charge < -0.3 is 10.5 Å². The maximum absolute atomic E-state index is 5.87. The van der Waals surface area contributed by atoms with E-state index in [2.05, 4.69) is 10.2 Å². The summed E-state index contributed by atoms with van der Waals surface area (Å²) in [4.78, 5) is 0. The van der Waals surface area contributed by atoms with E-state index in [9.17, 15) is 0 Å². The Kier molecular flexibility index (Phi) is 3.26. The first kappa shape index (κ1) is 11.2. The first-order chi connectivity index (χ1) is 7.65. The molecule has 4 nitrogen and oxygen atoms in total. The Morgan fingerprint density at radius 1 is 1.44 bits per heavy atom. The van der Waals surface area contributed by atoms with Crippen LogP contribution in [0.5, 0.6) is 5.75 Å². The van der Waals surface area contributed by atoms with Crippen LogP contribution in [0.1, 0.15) is 10.0 Å². The van der Waals surface area contributed by atoms with Crippen molar-refractivity contribution < 1.29 is 4.74 Å². The minimum Gasteiger partial charge on any atom is -0.486 e. The number of ether oxygens (including phenoxy) is 1. The third-order valence-corrected chi connectivity index (χ3v) is 3.04. The number of halogens is 1. The Balaban J connectivity index is 2.02. The van der Waals surface area contributed by atoms with E-state index in [1.54, 1.807) is 18.2 Å². The lowest BCUT2D eigenvalue weighted by Gasteiger charge is -2.05. The molecule has 2 rings (SSSR count). The predicted molar refractivity (Wildman–Crippen MR) is 64.8 cm³/mol. The number of nitrogens with two attached hydrogens (primary N) is 1. The molecule has 1 aromatic heterocycles. The molecule has 2 aromatic rings. The Hall–Kier alpha value is -1.33. The van der Waals surface area contributed by atoms with Crippen LogP contribution in [0, 0.1) is 6.92 Å². The largest absolute Gasteiger partial charge is 0.486 e. The van der Waals surface area contributed by atoms with Gasteiger partial charge in [-0.3, -0.25) is 0 Å². The molecule has 0 aliphatic carbocycles. The molecule has 0 amide bonds. The lowest BCUT2D eigenvalue weighted by Crippen LogP contribution is -1.95. The molecule has 0 saturated heterocycles. The van der Waals surface area contributed by atoms with E-state index in [4.69, 9.17) is 22.1 Å². The Labute approximate surface area is 102 Å². The molecule has 0 saturated carbocycles. The van der Waals surface area contributed by atoms with Crippen LogP contribution in [0.2, 0.25) is 5.02 Å². The molecule has 0 radical (unpaired) electrons. The second kappa shape index (κ2) is 4.67. The molecule has 2 N–H and O–H groups in total. The standard InChI is InChI=1S/C10H10ClN3OS/c1-6-13-14-10(16-6)5-15-7-2-3-9(12)8(11)4-7/h2-4H,5,12H2,1H3. The second-order valence-corrected chi connectivity index (χ2v) is 4.86. The second-order valence-electron chi connectivity index (χ2n) is 3.19. The van der Waals surface area contributed by atoms with Gasteiger partial charge in [-0.1, -0.05) is 22.9 Å². The molecule has 0 unspecified atom stereocenters. The molecule has 0 atom stereocenters. The van der Waals surface area contributed by atoms with Crippen molar-refractivity contribution in [1.82, 2.24) is 10.2 Å². The molecule has 0 spiro atoms. The smallest absolute Gasteiger partial charge is 0.155 e. The summed E-state index contributed by atoms with van der Waals surface area (Å²) in [6.07, 6.45) is 0. The lowest BCUT2D eigenvalue weighted by atomic mass is 10.3. The summed E-state index contributed by atoms with van der Waals surface area (Å²) in [5.74, 6) is 0.673. The van der Waals surface area contributed by atoms with Crippen molar-refractivity contribution in [2.45, 2.75) is 13.5 Å². The van der Waals surface area contributed by atoms with Gasteiger partial charge >= 0.3 is 0 Å². The Morgan fingerprint density at radius 2 is 2.25 bits per heavy atom. The molecule has 1 heterocycles. The lowest BCUT2D eigenvalue weighted by molar-refractivity contribution is 0.304. The topological polar surface area (TPSA) is 61.0 Å². The third kappa shape index (κ3) is 2.62. The number of hydrogen-bond acceptors (Lipinski definition) is 5. The molecule has 0 bridgehead atoms. The molecule has 0 aliphatic rings. The molecule has 0 fully saturated rings. The van der Waals surface area contributed by atoms with E-state index in [-0.39, 0.29) is 0 Å². The zero-order valence-electron chi connectivity index (χ0n) is 8.61. The van der Waals surface area contributed by atoms with E-state index in [1.165, 1.54) is 11.3 Å². The molecule has 6 heteroatoms. The van der Waals surface area contributed by atoms with Gasteiger partial charge in [-0.05, 0) is 19.1 Å². The minimum atomic E-state index is 0.395. The predicted octanol–water partition coefficient (Wildman–Crippen LogP) is 2.66. The van der Waals surface area contributed by atoms with E-state index >= 15 is 0 Å². The fourth-order valence-corrected chi connectivity index (χ4v) is 1.93. The molecular weight excluding hydrogens is 246 g/mol. The van der Waals surface area contributed by atoms with Crippen molar-refractivity contribution in [3.8, 4) is 5.75 Å². The maximum atomic E-state index is 5.87. The number of nitrogens with zero attached hydrogens (tertiary/aromatic N) is 2. The van der Waals surface area contributed by atoms with E-state index in [0.717, 1.165) is 10.0 Å². The number of anilines is 1. The molecule has 1 aromatic carbocycles. The number of nitrogen functional groups attached to an aromatic ring is 1. The molecular formula is C10H10ClN3OS. The zero-order chi connectivity index (χ0) is 11.5. The Bertz CT molecular complexity index is 501. The maximum Gasteiger partial charge on any atom is 0.155 e. The average Bonchev–Trinajstić information content (AvgIpc) is 2.66. The van der Waals surface area contributed by atoms with Crippen LogP contribution in [0.25, 0.3) is 0 Å². The number of rotatable bonds is 3. The van der Waals surface area contributed by atoms with Gasteiger partial charge in [0.25, 0.3) is 0 Å². The van der Waals surface area contributed by atoms with Gasteiger partial charge in [0.2, 0.25) is 0 Å². The number of benzene rings is 1. The van der Waals surface area contributed by atoms with Crippen molar-refractivity contribution in [3.05, 3.63) is 33.2 Å². The highest BCUT2D eigenvalue weighted by Crippen LogP contribution is 2.24. The van der Waals surface area contributed by atoms with Gasteiger partial charge in [-0.15, -0.1) is 10.2 Å². The fraction of sp³-hybridized carbons (Fsp3) is 0.200. The highest BCUT2D eigenvalue weighted by atomic mass is 35.5. The average molecular weight is 256 g/mol.